The Balaban J connectivity index is 0.000000145. The molecule has 0 amide bonds. The highest BCUT2D eigenvalue weighted by Crippen LogP contribution is 2.27. The monoisotopic (exact) mass is 605 g/mol. The summed E-state index contributed by atoms with van der Waals surface area (Å²) in [7, 11) is 0. The van der Waals surface area contributed by atoms with Crippen molar-refractivity contribution in [2.75, 3.05) is 0 Å². The Bertz CT molecular complexity index is 2130. The molecule has 0 saturated carbocycles. The topological polar surface area (TPSA) is 102 Å². The van der Waals surface area contributed by atoms with E-state index in [1.165, 1.54) is 11.8 Å². The van der Waals surface area contributed by atoms with Crippen LogP contribution in [0.2, 0.25) is 0 Å². The number of hydrogen-bond donors (Lipinski definition) is 1. The molecule has 3 aromatic heterocycles. The van der Waals surface area contributed by atoms with E-state index in [-0.39, 0.29) is 0 Å². The van der Waals surface area contributed by atoms with E-state index in [0.717, 1.165) is 66.4 Å². The molecule has 0 saturated heterocycles. The number of nitrogens with one attached hydrogen (secondary N) is 1. The molecule has 7 aromatic rings. The molecule has 218 valence electrons. The van der Waals surface area contributed by atoms with Gasteiger partial charge in [-0.05, 0) is 53.2 Å². The molecule has 1 aliphatic rings. The molecule has 4 heterocycles. The summed E-state index contributed by atoms with van der Waals surface area (Å²) in [6.45, 7) is 0.382. The summed E-state index contributed by atoms with van der Waals surface area (Å²) in [6, 6.07) is 35.9. The van der Waals surface area contributed by atoms with Gasteiger partial charge in [-0.1, -0.05) is 84.9 Å². The minimum atomic E-state index is 0.382. The van der Waals surface area contributed by atoms with Crippen LogP contribution in [0, 0.1) is 0 Å². The Morgan fingerprint density at radius 1 is 0.622 bits per heavy atom. The van der Waals surface area contributed by atoms with Crippen LogP contribution in [0.1, 0.15) is 17.7 Å². The summed E-state index contributed by atoms with van der Waals surface area (Å²) in [5.41, 5.74) is 8.55. The summed E-state index contributed by atoms with van der Waals surface area (Å²) in [5, 5.41) is 1.64. The van der Waals surface area contributed by atoms with Crippen LogP contribution in [0.5, 0.6) is 0 Å². The van der Waals surface area contributed by atoms with Crippen molar-refractivity contribution in [2.45, 2.75) is 23.2 Å². The maximum atomic E-state index is 5.79. The van der Waals surface area contributed by atoms with Crippen molar-refractivity contribution in [1.82, 2.24) is 29.9 Å². The van der Waals surface area contributed by atoms with E-state index in [1.54, 1.807) is 12.4 Å². The van der Waals surface area contributed by atoms with Crippen LogP contribution in [-0.4, -0.2) is 35.8 Å². The predicted octanol–water partition coefficient (Wildman–Crippen LogP) is 8.16. The second-order valence-corrected chi connectivity index (χ2v) is 11.1. The van der Waals surface area contributed by atoms with Gasteiger partial charge in [-0.25, -0.2) is 19.9 Å². The number of para-hydroxylation sites is 4. The highest BCUT2D eigenvalue weighted by atomic mass is 32.2. The van der Waals surface area contributed by atoms with Gasteiger partial charge in [-0.15, -0.1) is 0 Å². The van der Waals surface area contributed by atoms with Crippen LogP contribution in [0.4, 0.5) is 0 Å². The zero-order chi connectivity index (χ0) is 30.3. The van der Waals surface area contributed by atoms with Gasteiger partial charge in [-0.2, -0.15) is 0 Å². The highest BCUT2D eigenvalue weighted by molar-refractivity contribution is 7.99. The van der Waals surface area contributed by atoms with E-state index in [1.807, 2.05) is 103 Å². The quantitative estimate of drug-likeness (QED) is 0.204. The largest absolute Gasteiger partial charge is 0.474 e. The number of fused-ring (bicyclic) bond motifs is 2. The van der Waals surface area contributed by atoms with Crippen LogP contribution in [0.25, 0.3) is 39.0 Å². The Kier molecular flexibility index (Phi) is 8.32. The highest BCUT2D eigenvalue weighted by Gasteiger charge is 2.12. The van der Waals surface area contributed by atoms with E-state index in [9.17, 15) is 0 Å². The van der Waals surface area contributed by atoms with Crippen LogP contribution in [-0.2, 0) is 11.3 Å². The maximum absolute atomic E-state index is 5.79. The molecular formula is C36H27N7OS. The standard InChI is InChI=1S/C19H15N3O.C17H12N4S/c1-2-6-14(7-3-1)16-10-11-19(22-16)23-13-15-12-20-17-8-4-5-9-18(17)21-15;1-2-6-12(7-3-1)15-10-19-17(21-15)22-16-11-18-13-8-4-5-9-14(13)20-16/h1-10,12H,11,13H2;1-11H,(H,19,21). The fourth-order valence-corrected chi connectivity index (χ4v) is 5.44. The van der Waals surface area contributed by atoms with Crippen molar-refractivity contribution in [3.63, 3.8) is 0 Å². The van der Waals surface area contributed by atoms with Crippen molar-refractivity contribution in [2.24, 2.45) is 4.99 Å². The lowest BCUT2D eigenvalue weighted by molar-refractivity contribution is 0.283. The number of aromatic amines is 1. The number of aromatic nitrogens is 6. The first kappa shape index (κ1) is 28.1. The number of aliphatic imine (C=N–C) groups is 1. The smallest absolute Gasteiger partial charge is 0.192 e. The summed E-state index contributed by atoms with van der Waals surface area (Å²) >= 11 is 1.48. The van der Waals surface area contributed by atoms with Crippen molar-refractivity contribution in [3.8, 4) is 11.3 Å². The van der Waals surface area contributed by atoms with Gasteiger partial charge in [0.05, 0.1) is 57.7 Å². The molecule has 4 aromatic carbocycles. The van der Waals surface area contributed by atoms with E-state index in [0.29, 0.717) is 13.0 Å². The number of H-pyrrole nitrogens is 1. The first-order valence-corrected chi connectivity index (χ1v) is 15.3. The number of benzene rings is 4. The van der Waals surface area contributed by atoms with Crippen LogP contribution >= 0.6 is 11.8 Å². The average molecular weight is 606 g/mol. The lowest BCUT2D eigenvalue weighted by Gasteiger charge is -2.05. The van der Waals surface area contributed by atoms with Crippen molar-refractivity contribution < 1.29 is 4.74 Å². The molecule has 1 aliphatic heterocycles. The lowest BCUT2D eigenvalue weighted by Crippen LogP contribution is -2.03. The zero-order valence-corrected chi connectivity index (χ0v) is 24.9. The van der Waals surface area contributed by atoms with Crippen LogP contribution in [0.3, 0.4) is 0 Å². The molecule has 0 radical (unpaired) electrons. The number of ether oxygens (including phenoxy) is 1. The summed E-state index contributed by atoms with van der Waals surface area (Å²) in [4.78, 5) is 30.2. The third kappa shape index (κ3) is 6.95. The molecule has 9 heteroatoms. The lowest BCUT2D eigenvalue weighted by atomic mass is 10.1. The third-order valence-corrected chi connectivity index (χ3v) is 7.74. The minimum absolute atomic E-state index is 0.382. The third-order valence-electron chi connectivity index (χ3n) is 6.93. The molecule has 8 nitrogen and oxygen atoms in total. The molecular weight excluding hydrogens is 579 g/mol. The summed E-state index contributed by atoms with van der Waals surface area (Å²) in [5.74, 6) is 0.721. The van der Waals surface area contributed by atoms with Gasteiger partial charge >= 0.3 is 0 Å². The molecule has 0 atom stereocenters. The van der Waals surface area contributed by atoms with Crippen molar-refractivity contribution >= 4 is 45.4 Å². The average Bonchev–Trinajstić information content (AvgIpc) is 3.79. The summed E-state index contributed by atoms with van der Waals surface area (Å²) in [6.07, 6.45) is 8.16. The predicted molar refractivity (Wildman–Crippen MR) is 178 cm³/mol. The molecule has 0 aliphatic carbocycles. The molecule has 8 rings (SSSR count). The number of nitrogens with zero attached hydrogens (tertiary/aromatic N) is 6. The molecule has 0 bridgehead atoms. The normalized spacial score (nSPS) is 12.4. The number of rotatable bonds is 6. The van der Waals surface area contributed by atoms with Crippen LogP contribution in [0.15, 0.2) is 149 Å². The molecule has 0 spiro atoms. The Morgan fingerprint density at radius 3 is 1.98 bits per heavy atom. The zero-order valence-electron chi connectivity index (χ0n) is 24.1. The fraction of sp³-hybridized carbons (Fsp3) is 0.0556. The SMILES string of the molecule is C1=C(c2ccccc2)N=C(OCc2cnc3ccccc3n2)C1.c1ccc(-c2cnc(Sc3cnc4ccccc4n3)[nH]2)cc1. The summed E-state index contributed by atoms with van der Waals surface area (Å²) < 4.78 is 5.79. The minimum Gasteiger partial charge on any atom is -0.474 e. The number of hydrogen-bond acceptors (Lipinski definition) is 8. The molecule has 0 unspecified atom stereocenters. The molecule has 1 N–H and O–H groups in total. The van der Waals surface area contributed by atoms with Gasteiger partial charge in [0.15, 0.2) is 11.1 Å². The second kappa shape index (κ2) is 13.3. The maximum Gasteiger partial charge on any atom is 0.192 e. The molecule has 0 fully saturated rings. The Hall–Kier alpha value is -5.67. The van der Waals surface area contributed by atoms with E-state index in [2.05, 4.69) is 53.1 Å². The first-order valence-electron chi connectivity index (χ1n) is 14.4. The van der Waals surface area contributed by atoms with Gasteiger partial charge in [0.25, 0.3) is 0 Å². The van der Waals surface area contributed by atoms with Gasteiger partial charge in [0.2, 0.25) is 0 Å². The first-order chi connectivity index (χ1) is 22.3. The van der Waals surface area contributed by atoms with Gasteiger partial charge in [-0.3, -0.25) is 9.97 Å². The van der Waals surface area contributed by atoms with E-state index < -0.39 is 0 Å². The Labute approximate surface area is 264 Å². The second-order valence-electron chi connectivity index (χ2n) is 10.1. The van der Waals surface area contributed by atoms with Gasteiger partial charge in [0.1, 0.15) is 11.6 Å². The van der Waals surface area contributed by atoms with Gasteiger partial charge in [0, 0.05) is 6.42 Å². The van der Waals surface area contributed by atoms with Crippen molar-refractivity contribution in [3.05, 3.63) is 145 Å². The number of imidazole rings is 1. The van der Waals surface area contributed by atoms with Gasteiger partial charge < -0.3 is 9.72 Å². The van der Waals surface area contributed by atoms with Crippen molar-refractivity contribution in [1.29, 1.82) is 0 Å². The Morgan fingerprint density at radius 2 is 1.24 bits per heavy atom. The molecule has 45 heavy (non-hydrogen) atoms. The van der Waals surface area contributed by atoms with Crippen LogP contribution < -0.4 is 0 Å². The van der Waals surface area contributed by atoms with E-state index >= 15 is 0 Å². The fourth-order valence-electron chi connectivity index (χ4n) is 4.72. The van der Waals surface area contributed by atoms with E-state index in [4.69, 9.17) is 4.74 Å².